The molecule has 0 spiro atoms. The monoisotopic (exact) mass is 965 g/mol. The highest BCUT2D eigenvalue weighted by atomic mass is 35.5. The average Bonchev–Trinajstić information content (AvgIpc) is 3.68. The van der Waals surface area contributed by atoms with Gasteiger partial charge in [0.25, 0.3) is 5.91 Å². The molecule has 1 aliphatic heterocycles. The third-order valence-corrected chi connectivity index (χ3v) is 11.2. The number of hydrogen-bond donors (Lipinski definition) is 2. The molecule has 0 bridgehead atoms. The molecule has 0 unspecified atom stereocenters. The number of methoxy groups -OCH3 is 1. The van der Waals surface area contributed by atoms with E-state index in [1.807, 2.05) is 19.1 Å². The summed E-state index contributed by atoms with van der Waals surface area (Å²) in [5, 5.41) is 7.07. The highest BCUT2D eigenvalue weighted by Gasteiger charge is 2.32. The Balaban J connectivity index is 0.000000211. The van der Waals surface area contributed by atoms with Gasteiger partial charge in [0, 0.05) is 49.5 Å². The normalized spacial score (nSPS) is 13.2. The van der Waals surface area contributed by atoms with Crippen LogP contribution in [0.3, 0.4) is 0 Å². The molecule has 1 amide bonds. The van der Waals surface area contributed by atoms with Crippen molar-refractivity contribution in [3.05, 3.63) is 154 Å². The predicted molar refractivity (Wildman–Crippen MR) is 241 cm³/mol. The number of amides is 1. The first-order valence-electron chi connectivity index (χ1n) is 21.2. The number of rotatable bonds is 13. The van der Waals surface area contributed by atoms with Gasteiger partial charge in [0.05, 0.1) is 23.3 Å². The number of imidazole rings is 1. The van der Waals surface area contributed by atoms with E-state index in [4.69, 9.17) is 11.6 Å². The number of esters is 1. The van der Waals surface area contributed by atoms with Crippen LogP contribution in [-0.2, 0) is 24.1 Å². The minimum absolute atomic E-state index is 0.200. The number of benzene rings is 4. The van der Waals surface area contributed by atoms with Crippen LogP contribution in [0, 0.1) is 5.82 Å². The highest BCUT2D eigenvalue weighted by Crippen LogP contribution is 2.33. The van der Waals surface area contributed by atoms with Crippen molar-refractivity contribution in [2.24, 2.45) is 0 Å². The number of ether oxygens (including phenoxy) is 3. The fourth-order valence-corrected chi connectivity index (χ4v) is 7.82. The zero-order valence-corrected chi connectivity index (χ0v) is 37.2. The molecular formula is C48H43ClF7N7O5. The number of nitrogens with one attached hydrogen (secondary N) is 2. The lowest BCUT2D eigenvalue weighted by molar-refractivity contribution is -0.275. The fourth-order valence-electron chi connectivity index (χ4n) is 7.66. The number of hydrogen-bond acceptors (Lipinski definition) is 10. The van der Waals surface area contributed by atoms with Gasteiger partial charge in [0.2, 0.25) is 5.82 Å². The number of fused-ring (bicyclic) bond motifs is 2. The van der Waals surface area contributed by atoms with Gasteiger partial charge >= 0.3 is 18.7 Å². The molecule has 0 atom stereocenters. The lowest BCUT2D eigenvalue weighted by Gasteiger charge is -2.34. The minimum atomic E-state index is -4.74. The Labute approximate surface area is 390 Å². The number of piperidine rings is 1. The summed E-state index contributed by atoms with van der Waals surface area (Å²) in [6.45, 7) is 4.39. The lowest BCUT2D eigenvalue weighted by atomic mass is 9.89. The van der Waals surface area contributed by atoms with Gasteiger partial charge in [0.15, 0.2) is 0 Å². The first-order chi connectivity index (χ1) is 32.4. The second-order valence-electron chi connectivity index (χ2n) is 15.5. The molecule has 2 N–H and O–H groups in total. The van der Waals surface area contributed by atoms with Crippen molar-refractivity contribution < 1.29 is 54.5 Å². The summed E-state index contributed by atoms with van der Waals surface area (Å²) in [5.41, 5.74) is 5.99. The molecule has 1 saturated heterocycles. The maximum absolute atomic E-state index is 13.5. The van der Waals surface area contributed by atoms with Crippen LogP contribution in [0.1, 0.15) is 69.2 Å². The topological polar surface area (TPSA) is 132 Å². The van der Waals surface area contributed by atoms with Crippen molar-refractivity contribution in [3.63, 3.8) is 0 Å². The summed E-state index contributed by atoms with van der Waals surface area (Å²) in [4.78, 5) is 39.8. The number of aromatic nitrogens is 4. The van der Waals surface area contributed by atoms with Crippen LogP contribution in [0.2, 0.25) is 5.02 Å². The molecule has 356 valence electrons. The summed E-state index contributed by atoms with van der Waals surface area (Å²) in [7, 11) is 1.18. The van der Waals surface area contributed by atoms with Crippen LogP contribution in [0.25, 0.3) is 16.6 Å². The molecule has 1 fully saturated rings. The van der Waals surface area contributed by atoms with E-state index < -0.39 is 24.5 Å². The van der Waals surface area contributed by atoms with Gasteiger partial charge in [-0.2, -0.15) is 0 Å². The Bertz CT molecular complexity index is 2850. The summed E-state index contributed by atoms with van der Waals surface area (Å²) in [6, 6.07) is 27.2. The van der Waals surface area contributed by atoms with Gasteiger partial charge < -0.3 is 29.7 Å². The largest absolute Gasteiger partial charge is 0.573 e. The number of pyridine rings is 1. The van der Waals surface area contributed by atoms with Crippen molar-refractivity contribution in [1.82, 2.24) is 24.7 Å². The molecule has 0 aliphatic carbocycles. The van der Waals surface area contributed by atoms with Gasteiger partial charge in [-0.1, -0.05) is 54.9 Å². The third kappa shape index (κ3) is 12.8. The maximum Gasteiger partial charge on any atom is 0.573 e. The van der Waals surface area contributed by atoms with Gasteiger partial charge in [-0.25, -0.2) is 24.1 Å². The van der Waals surface area contributed by atoms with Gasteiger partial charge in [0.1, 0.15) is 34.5 Å². The van der Waals surface area contributed by atoms with E-state index in [9.17, 15) is 40.3 Å². The molecule has 7 aromatic rings. The number of alkyl halides is 6. The van der Waals surface area contributed by atoms with E-state index in [1.165, 1.54) is 61.7 Å². The highest BCUT2D eigenvalue weighted by molar-refractivity contribution is 6.30. The Morgan fingerprint density at radius 2 is 1.43 bits per heavy atom. The molecule has 68 heavy (non-hydrogen) atoms. The van der Waals surface area contributed by atoms with E-state index in [-0.39, 0.29) is 34.7 Å². The summed E-state index contributed by atoms with van der Waals surface area (Å²) in [6.07, 6.45) is -4.84. The van der Waals surface area contributed by atoms with Crippen LogP contribution < -0.4 is 25.0 Å². The van der Waals surface area contributed by atoms with Crippen molar-refractivity contribution in [2.75, 3.05) is 37.0 Å². The number of nitrogens with zero attached hydrogens (tertiary/aromatic N) is 5. The molecule has 8 rings (SSSR count). The van der Waals surface area contributed by atoms with E-state index in [2.05, 4.69) is 56.8 Å². The predicted octanol–water partition coefficient (Wildman–Crippen LogP) is 10.9. The smallest absolute Gasteiger partial charge is 0.463 e. The minimum Gasteiger partial charge on any atom is -0.463 e. The van der Waals surface area contributed by atoms with Crippen LogP contribution in [0.4, 0.5) is 42.2 Å². The number of carbonyl (C=O) groups is 2. The zero-order valence-electron chi connectivity index (χ0n) is 36.4. The Morgan fingerprint density at radius 1 is 0.794 bits per heavy atom. The van der Waals surface area contributed by atoms with Crippen LogP contribution in [0.15, 0.2) is 109 Å². The van der Waals surface area contributed by atoms with E-state index in [0.29, 0.717) is 53.5 Å². The van der Waals surface area contributed by atoms with Crippen molar-refractivity contribution in [3.8, 4) is 11.5 Å². The van der Waals surface area contributed by atoms with E-state index >= 15 is 0 Å². The lowest BCUT2D eigenvalue weighted by Crippen LogP contribution is -2.32. The standard InChI is InChI=1S/C29H28ClF3N4O2.C19H15F4N3O3/c1-2-25-27(37-18-22(30)7-12-26(37)35-25)28(38)34-17-19-3-8-23(9-4-19)36-15-13-21(14-16-36)20-5-10-24(11-6-20)39-29(31,32)33;1-28-18(27)17-25-15-10-12(20)4-7-14(15)16(26-17)24-9-8-11-2-5-13(6-3-11)29-19(21,22)23/h3-12,18,21H,2,13-17H2,1H3,(H,34,38);2-7,10H,8-9H2,1H3,(H,24,25,26). The summed E-state index contributed by atoms with van der Waals surface area (Å²) >= 11 is 6.14. The second kappa shape index (κ2) is 21.2. The van der Waals surface area contributed by atoms with Crippen LogP contribution >= 0.6 is 11.6 Å². The molecule has 4 heterocycles. The zero-order chi connectivity index (χ0) is 48.6. The quantitative estimate of drug-likeness (QED) is 0.0850. The van der Waals surface area contributed by atoms with Gasteiger partial charge in [-0.15, -0.1) is 26.3 Å². The summed E-state index contributed by atoms with van der Waals surface area (Å²) < 4.78 is 101. The van der Waals surface area contributed by atoms with E-state index in [1.54, 1.807) is 34.9 Å². The maximum atomic E-state index is 13.5. The number of aryl methyl sites for hydroxylation is 1. The van der Waals surface area contributed by atoms with Gasteiger partial charge in [-0.05, 0) is 109 Å². The molecule has 3 aromatic heterocycles. The first kappa shape index (κ1) is 48.8. The average molecular weight is 966 g/mol. The first-order valence-corrected chi connectivity index (χ1v) is 21.6. The molecule has 1 aliphatic rings. The Kier molecular flexibility index (Phi) is 15.2. The molecule has 0 radical (unpaired) electrons. The van der Waals surface area contributed by atoms with E-state index in [0.717, 1.165) is 54.0 Å². The van der Waals surface area contributed by atoms with Crippen molar-refractivity contribution in [1.29, 1.82) is 0 Å². The Morgan fingerprint density at radius 3 is 2.04 bits per heavy atom. The fraction of sp³-hybridized carbons (Fsp3) is 0.271. The molecule has 20 heteroatoms. The second-order valence-corrected chi connectivity index (χ2v) is 15.9. The number of anilines is 2. The molecule has 4 aromatic carbocycles. The van der Waals surface area contributed by atoms with Crippen molar-refractivity contribution in [2.45, 2.75) is 57.8 Å². The number of carbonyl (C=O) groups excluding carboxylic acids is 2. The third-order valence-electron chi connectivity index (χ3n) is 10.9. The SMILES string of the molecule is CCc1nc2ccc(Cl)cn2c1C(=O)NCc1ccc(N2CCC(c3ccc(OC(F)(F)F)cc3)CC2)cc1.COC(=O)c1nc(NCCc2ccc(OC(F)(F)F)cc2)c2ccc(F)cc2n1. The van der Waals surface area contributed by atoms with Crippen molar-refractivity contribution >= 4 is 51.5 Å². The van der Waals surface area contributed by atoms with Gasteiger partial charge in [-0.3, -0.25) is 9.20 Å². The summed E-state index contributed by atoms with van der Waals surface area (Å²) in [5.74, 6) is -1.61. The molecule has 0 saturated carbocycles. The molecular weight excluding hydrogens is 923 g/mol. The van der Waals surface area contributed by atoms with Crippen LogP contribution in [0.5, 0.6) is 11.5 Å². The Hall–Kier alpha value is -7.15. The molecule has 12 nitrogen and oxygen atoms in total. The van der Waals surface area contributed by atoms with Crippen LogP contribution in [-0.4, -0.2) is 70.7 Å². The number of halogens is 8.